The van der Waals surface area contributed by atoms with Crippen LogP contribution < -0.4 is 0 Å². The van der Waals surface area contributed by atoms with Gasteiger partial charge in [-0.25, -0.2) is 0 Å². The van der Waals surface area contributed by atoms with E-state index in [0.717, 1.165) is 38.5 Å². The number of methoxy groups -OCH3 is 1. The summed E-state index contributed by atoms with van der Waals surface area (Å²) in [7, 11) is 1.42. The number of carbonyl (C=O) groups is 2. The third kappa shape index (κ3) is 4.78. The SMILES string of the molecule is COC(=O)C1(C)CCC2(C(=O)O)CCC3(C)C(=CCC4C5(C)CCC(OC6OC(CO)C(O)C(O)C6O)C(C)(C)C5CCC43C)C2C1. The van der Waals surface area contributed by atoms with Gasteiger partial charge < -0.3 is 39.7 Å². The molecule has 10 heteroatoms. The van der Waals surface area contributed by atoms with Crippen molar-refractivity contribution >= 4 is 11.9 Å². The molecule has 5 N–H and O–H groups in total. The van der Waals surface area contributed by atoms with E-state index in [4.69, 9.17) is 14.2 Å². The second-order valence-corrected chi connectivity index (χ2v) is 17.7. The van der Waals surface area contributed by atoms with Crippen LogP contribution in [0, 0.1) is 50.2 Å². The minimum absolute atomic E-state index is 0.0226. The Balaban J connectivity index is 1.30. The Morgan fingerprint density at radius 3 is 2.21 bits per heavy atom. The first-order valence-electron chi connectivity index (χ1n) is 17.8. The van der Waals surface area contributed by atoms with Crippen molar-refractivity contribution in [2.75, 3.05) is 13.7 Å². The molecule has 0 aromatic carbocycles. The Bertz CT molecular complexity index is 1300. The molecule has 1 heterocycles. The molecule has 14 atom stereocenters. The van der Waals surface area contributed by atoms with Crippen LogP contribution in [-0.4, -0.2) is 88.0 Å². The molecule has 0 bridgehead atoms. The largest absolute Gasteiger partial charge is 0.481 e. The molecule has 0 spiro atoms. The normalized spacial score (nSPS) is 52.1. The number of rotatable bonds is 5. The van der Waals surface area contributed by atoms with Crippen LogP contribution in [0.25, 0.3) is 0 Å². The van der Waals surface area contributed by atoms with Crippen LogP contribution in [0.4, 0.5) is 0 Å². The fourth-order valence-electron chi connectivity index (χ4n) is 12.5. The molecule has 6 rings (SSSR count). The molecule has 6 aliphatic rings. The minimum atomic E-state index is -1.48. The minimum Gasteiger partial charge on any atom is -0.481 e. The third-order valence-corrected chi connectivity index (χ3v) is 15.6. The lowest BCUT2D eigenvalue weighted by molar-refractivity contribution is -0.330. The monoisotopic (exact) mass is 662 g/mol. The highest BCUT2D eigenvalue weighted by Crippen LogP contribution is 2.76. The molecule has 0 aromatic heterocycles. The van der Waals surface area contributed by atoms with E-state index in [1.807, 2.05) is 6.92 Å². The zero-order chi connectivity index (χ0) is 34.5. The molecule has 5 aliphatic carbocycles. The summed E-state index contributed by atoms with van der Waals surface area (Å²) in [5, 5.41) is 51.8. The van der Waals surface area contributed by atoms with Gasteiger partial charge in [0, 0.05) is 0 Å². The van der Waals surface area contributed by atoms with Crippen LogP contribution in [0.1, 0.15) is 106 Å². The van der Waals surface area contributed by atoms with Gasteiger partial charge in [-0.1, -0.05) is 46.3 Å². The second-order valence-electron chi connectivity index (χ2n) is 17.7. The van der Waals surface area contributed by atoms with Crippen LogP contribution in [0.15, 0.2) is 11.6 Å². The van der Waals surface area contributed by atoms with Crippen molar-refractivity contribution in [3.05, 3.63) is 11.6 Å². The molecule has 4 saturated carbocycles. The van der Waals surface area contributed by atoms with Crippen molar-refractivity contribution in [2.45, 2.75) is 143 Å². The van der Waals surface area contributed by atoms with Crippen molar-refractivity contribution in [1.82, 2.24) is 0 Å². The fourth-order valence-corrected chi connectivity index (χ4v) is 12.5. The first kappa shape index (κ1) is 35.3. The molecular formula is C37H58O10. The van der Waals surface area contributed by atoms with Crippen LogP contribution in [0.3, 0.4) is 0 Å². The van der Waals surface area contributed by atoms with E-state index in [1.54, 1.807) is 0 Å². The van der Waals surface area contributed by atoms with Crippen LogP contribution in [0.5, 0.6) is 0 Å². The fraction of sp³-hybridized carbons (Fsp3) is 0.892. The van der Waals surface area contributed by atoms with Gasteiger partial charge in [0.25, 0.3) is 0 Å². The molecule has 1 aliphatic heterocycles. The molecule has 10 nitrogen and oxygen atoms in total. The van der Waals surface area contributed by atoms with E-state index in [-0.39, 0.29) is 39.7 Å². The zero-order valence-corrected chi connectivity index (χ0v) is 29.3. The molecular weight excluding hydrogens is 604 g/mol. The zero-order valence-electron chi connectivity index (χ0n) is 29.3. The summed E-state index contributed by atoms with van der Waals surface area (Å²) < 4.78 is 17.4. The predicted molar refractivity (Wildman–Crippen MR) is 172 cm³/mol. The van der Waals surface area contributed by atoms with Crippen molar-refractivity contribution in [1.29, 1.82) is 0 Å². The van der Waals surface area contributed by atoms with Gasteiger partial charge in [0.2, 0.25) is 0 Å². The van der Waals surface area contributed by atoms with Gasteiger partial charge in [0.05, 0.1) is 30.7 Å². The third-order valence-electron chi connectivity index (χ3n) is 15.6. The van der Waals surface area contributed by atoms with Crippen LogP contribution >= 0.6 is 0 Å². The number of carboxylic acid groups (broad SMARTS) is 1. The van der Waals surface area contributed by atoms with Gasteiger partial charge in [0.1, 0.15) is 24.4 Å². The van der Waals surface area contributed by atoms with Gasteiger partial charge in [-0.15, -0.1) is 0 Å². The number of ether oxygens (including phenoxy) is 3. The lowest BCUT2D eigenvalue weighted by atomic mass is 9.33. The maximum atomic E-state index is 13.1. The molecule has 266 valence electrons. The van der Waals surface area contributed by atoms with Crippen molar-refractivity contribution in [3.63, 3.8) is 0 Å². The maximum absolute atomic E-state index is 13.1. The Kier molecular flexibility index (Phi) is 8.62. The first-order valence-corrected chi connectivity index (χ1v) is 17.8. The van der Waals surface area contributed by atoms with E-state index < -0.39 is 54.1 Å². The van der Waals surface area contributed by atoms with Crippen molar-refractivity contribution < 1.29 is 49.3 Å². The summed E-state index contributed by atoms with van der Waals surface area (Å²) in [5.41, 5.74) is -0.892. The van der Waals surface area contributed by atoms with Crippen LogP contribution in [0.2, 0.25) is 0 Å². The van der Waals surface area contributed by atoms with Gasteiger partial charge in [-0.05, 0) is 111 Å². The first-order chi connectivity index (χ1) is 21.9. The average Bonchev–Trinajstić information content (AvgIpc) is 3.02. The number of aliphatic hydroxyl groups is 4. The molecule has 47 heavy (non-hydrogen) atoms. The standard InChI is InChI=1S/C37H58O10/c1-32(2)23-10-13-36(6)24(34(23,4)12-11-25(32)47-29-28(41)27(40)26(39)22(19-38)46-29)9-8-20-21-18-33(3,31(44)45-7)14-16-37(21,30(42)43)17-15-35(20,36)5/h8,21-29,38-41H,9-19H2,1-7H3,(H,42,43). The molecule has 5 fully saturated rings. The predicted octanol–water partition coefficient (Wildman–Crippen LogP) is 4.21. The smallest absolute Gasteiger partial charge is 0.311 e. The average molecular weight is 663 g/mol. The highest BCUT2D eigenvalue weighted by Gasteiger charge is 2.70. The Morgan fingerprint density at radius 2 is 1.57 bits per heavy atom. The van der Waals surface area contributed by atoms with E-state index in [1.165, 1.54) is 12.7 Å². The summed E-state index contributed by atoms with van der Waals surface area (Å²) in [5.74, 6) is -0.529. The van der Waals surface area contributed by atoms with Gasteiger partial charge >= 0.3 is 11.9 Å². The highest BCUT2D eigenvalue weighted by molar-refractivity contribution is 5.80. The van der Waals surface area contributed by atoms with E-state index in [2.05, 4.69) is 40.7 Å². The number of carboxylic acids is 1. The second kappa shape index (κ2) is 11.5. The lowest BCUT2D eigenvalue weighted by Crippen LogP contribution is -2.66. The summed E-state index contributed by atoms with van der Waals surface area (Å²) >= 11 is 0. The van der Waals surface area contributed by atoms with E-state index >= 15 is 0 Å². The number of fused-ring (bicyclic) bond motifs is 7. The number of esters is 1. The Morgan fingerprint density at radius 1 is 0.894 bits per heavy atom. The quantitative estimate of drug-likeness (QED) is 0.164. The number of hydrogen-bond donors (Lipinski definition) is 5. The number of allylic oxidation sites excluding steroid dienone is 2. The number of aliphatic carboxylic acids is 1. The molecule has 0 amide bonds. The molecule has 14 unspecified atom stereocenters. The highest BCUT2D eigenvalue weighted by atomic mass is 16.7. The topological polar surface area (TPSA) is 163 Å². The summed E-state index contributed by atoms with van der Waals surface area (Å²) in [6, 6.07) is 0. The Hall–Kier alpha value is -1.56. The number of aliphatic hydroxyl groups excluding tert-OH is 4. The van der Waals surface area contributed by atoms with E-state index in [0.29, 0.717) is 37.5 Å². The lowest BCUT2D eigenvalue weighted by Gasteiger charge is -2.71. The van der Waals surface area contributed by atoms with Gasteiger partial charge in [-0.3, -0.25) is 9.59 Å². The summed E-state index contributed by atoms with van der Waals surface area (Å²) in [4.78, 5) is 26.1. The maximum Gasteiger partial charge on any atom is 0.311 e. The summed E-state index contributed by atoms with van der Waals surface area (Å²) in [6.07, 6.45) is 3.01. The van der Waals surface area contributed by atoms with E-state index in [9.17, 15) is 35.1 Å². The number of hydrogen-bond acceptors (Lipinski definition) is 9. The Labute approximate surface area is 279 Å². The van der Waals surface area contributed by atoms with Gasteiger partial charge in [-0.2, -0.15) is 0 Å². The summed E-state index contributed by atoms with van der Waals surface area (Å²) in [6.45, 7) is 13.2. The van der Waals surface area contributed by atoms with Gasteiger partial charge in [0.15, 0.2) is 6.29 Å². The molecule has 0 aromatic rings. The number of carbonyl (C=O) groups excluding carboxylic acids is 1. The molecule has 1 saturated heterocycles. The van der Waals surface area contributed by atoms with Crippen molar-refractivity contribution in [2.24, 2.45) is 50.2 Å². The van der Waals surface area contributed by atoms with Crippen LogP contribution in [-0.2, 0) is 23.8 Å². The molecule has 0 radical (unpaired) electrons. The van der Waals surface area contributed by atoms with Crippen molar-refractivity contribution in [3.8, 4) is 0 Å².